The fourth-order valence-electron chi connectivity index (χ4n) is 1.34. The average Bonchev–Trinajstić information content (AvgIpc) is 2.24. The van der Waals surface area contributed by atoms with Crippen LogP contribution in [0.3, 0.4) is 0 Å². The van der Waals surface area contributed by atoms with Crippen LogP contribution >= 0.6 is 0 Å². The number of hydrogen-bond donors (Lipinski definition) is 1. The fraction of sp³-hybridized carbons (Fsp3) is 0.429. The summed E-state index contributed by atoms with van der Waals surface area (Å²) >= 11 is 0. The van der Waals surface area contributed by atoms with Crippen molar-refractivity contribution in [3.05, 3.63) is 35.9 Å². The topological polar surface area (TPSA) is 20.2 Å². The van der Waals surface area contributed by atoms with Crippen molar-refractivity contribution in [2.75, 3.05) is 0 Å². The zero-order valence-electron chi connectivity index (χ0n) is 9.24. The number of aliphatic hydroxyl groups excluding tert-OH is 1. The van der Waals surface area contributed by atoms with Crippen molar-refractivity contribution in [2.24, 2.45) is 0 Å². The first-order chi connectivity index (χ1) is 7.29. The molecular weight excluding hydrogens is 184 g/mol. The molecule has 1 heteroatoms. The molecule has 0 saturated carbocycles. The molecule has 1 N–H and O–H groups in total. The molecule has 1 unspecified atom stereocenters. The van der Waals surface area contributed by atoms with Crippen LogP contribution in [0.25, 0.3) is 0 Å². The molecule has 80 valence electrons. The van der Waals surface area contributed by atoms with E-state index in [4.69, 9.17) is 5.11 Å². The maximum atomic E-state index is 9.05. The lowest BCUT2D eigenvalue weighted by Gasteiger charge is -2.00. The second kappa shape index (κ2) is 7.09. The molecular formula is C14H18O. The third-order valence-electron chi connectivity index (χ3n) is 2.18. The molecule has 1 atom stereocenters. The van der Waals surface area contributed by atoms with Gasteiger partial charge in [-0.3, -0.25) is 0 Å². The summed E-state index contributed by atoms with van der Waals surface area (Å²) in [4.78, 5) is 0. The van der Waals surface area contributed by atoms with E-state index in [9.17, 15) is 0 Å². The van der Waals surface area contributed by atoms with Crippen molar-refractivity contribution in [1.29, 1.82) is 0 Å². The van der Waals surface area contributed by atoms with Gasteiger partial charge in [0.15, 0.2) is 0 Å². The lowest BCUT2D eigenvalue weighted by atomic mass is 10.1. The first-order valence-electron chi connectivity index (χ1n) is 5.51. The van der Waals surface area contributed by atoms with Gasteiger partial charge >= 0.3 is 0 Å². The molecule has 1 aromatic rings. The van der Waals surface area contributed by atoms with E-state index in [-0.39, 0.29) is 6.10 Å². The maximum absolute atomic E-state index is 9.05. The Kier molecular flexibility index (Phi) is 5.58. The first kappa shape index (κ1) is 11.8. The highest BCUT2D eigenvalue weighted by atomic mass is 16.3. The van der Waals surface area contributed by atoms with Crippen molar-refractivity contribution in [3.8, 4) is 11.8 Å². The number of hydrogen-bond acceptors (Lipinski definition) is 1. The van der Waals surface area contributed by atoms with E-state index < -0.39 is 0 Å². The number of rotatable bonds is 4. The van der Waals surface area contributed by atoms with Crippen molar-refractivity contribution in [1.82, 2.24) is 0 Å². The Labute approximate surface area is 92.1 Å². The standard InChI is InChI=1S/C14H18O/c1-13(15)9-5-2-3-6-10-14-11-7-4-8-12-14/h4,7-8,11-13,15H,2-3,5,9H2,1H3. The summed E-state index contributed by atoms with van der Waals surface area (Å²) in [7, 11) is 0. The van der Waals surface area contributed by atoms with Gasteiger partial charge in [-0.25, -0.2) is 0 Å². The molecule has 0 aliphatic heterocycles. The van der Waals surface area contributed by atoms with E-state index in [0.29, 0.717) is 0 Å². The smallest absolute Gasteiger partial charge is 0.0512 e. The highest BCUT2D eigenvalue weighted by Crippen LogP contribution is 2.02. The predicted molar refractivity (Wildman–Crippen MR) is 63.5 cm³/mol. The van der Waals surface area contributed by atoms with Crippen LogP contribution in [0, 0.1) is 11.8 Å². The summed E-state index contributed by atoms with van der Waals surface area (Å²) in [5.74, 6) is 6.26. The number of aliphatic hydroxyl groups is 1. The molecule has 0 spiro atoms. The lowest BCUT2D eigenvalue weighted by molar-refractivity contribution is 0.181. The van der Waals surface area contributed by atoms with Crippen LogP contribution in [0.4, 0.5) is 0 Å². The van der Waals surface area contributed by atoms with E-state index in [1.807, 2.05) is 37.3 Å². The second-order valence-corrected chi connectivity index (χ2v) is 3.76. The summed E-state index contributed by atoms with van der Waals surface area (Å²) < 4.78 is 0. The van der Waals surface area contributed by atoms with E-state index in [0.717, 1.165) is 31.2 Å². The zero-order chi connectivity index (χ0) is 10.9. The van der Waals surface area contributed by atoms with Crippen molar-refractivity contribution in [3.63, 3.8) is 0 Å². The quantitative estimate of drug-likeness (QED) is 0.588. The molecule has 1 rings (SSSR count). The van der Waals surface area contributed by atoms with Gasteiger partial charge in [-0.05, 0) is 38.3 Å². The Bertz CT molecular complexity index is 316. The van der Waals surface area contributed by atoms with Crippen LogP contribution in [-0.4, -0.2) is 11.2 Å². The first-order valence-corrected chi connectivity index (χ1v) is 5.51. The van der Waals surface area contributed by atoms with E-state index in [1.165, 1.54) is 0 Å². The van der Waals surface area contributed by atoms with Gasteiger partial charge in [-0.1, -0.05) is 30.0 Å². The monoisotopic (exact) mass is 202 g/mol. The Morgan fingerprint density at radius 1 is 1.20 bits per heavy atom. The molecule has 0 saturated heterocycles. The van der Waals surface area contributed by atoms with Crippen LogP contribution < -0.4 is 0 Å². The minimum atomic E-state index is -0.174. The summed E-state index contributed by atoms with van der Waals surface area (Å²) in [5, 5.41) is 9.05. The molecule has 0 aromatic heterocycles. The third kappa shape index (κ3) is 5.93. The molecule has 1 nitrogen and oxygen atoms in total. The van der Waals surface area contributed by atoms with Gasteiger partial charge in [0, 0.05) is 12.0 Å². The molecule has 0 bridgehead atoms. The highest BCUT2D eigenvalue weighted by molar-refractivity contribution is 5.33. The third-order valence-corrected chi connectivity index (χ3v) is 2.18. The predicted octanol–water partition coefficient (Wildman–Crippen LogP) is 2.98. The van der Waals surface area contributed by atoms with Crippen LogP contribution in [-0.2, 0) is 0 Å². The van der Waals surface area contributed by atoms with Gasteiger partial charge in [0.1, 0.15) is 0 Å². The largest absolute Gasteiger partial charge is 0.393 e. The van der Waals surface area contributed by atoms with E-state index in [2.05, 4.69) is 11.8 Å². The molecule has 0 heterocycles. The van der Waals surface area contributed by atoms with Gasteiger partial charge in [-0.15, -0.1) is 0 Å². The Morgan fingerprint density at radius 2 is 1.93 bits per heavy atom. The van der Waals surface area contributed by atoms with Crippen LogP contribution in [0.15, 0.2) is 30.3 Å². The second-order valence-electron chi connectivity index (χ2n) is 3.76. The lowest BCUT2D eigenvalue weighted by Crippen LogP contribution is -1.97. The van der Waals surface area contributed by atoms with Crippen molar-refractivity contribution >= 4 is 0 Å². The summed E-state index contributed by atoms with van der Waals surface area (Å²) in [5.41, 5.74) is 1.08. The maximum Gasteiger partial charge on any atom is 0.0512 e. The van der Waals surface area contributed by atoms with Crippen LogP contribution in [0.1, 0.15) is 38.2 Å². The molecule has 0 fully saturated rings. The summed E-state index contributed by atoms with van der Waals surface area (Å²) in [6, 6.07) is 10.0. The Morgan fingerprint density at radius 3 is 2.60 bits per heavy atom. The normalized spacial score (nSPS) is 11.6. The summed E-state index contributed by atoms with van der Waals surface area (Å²) in [6.07, 6.45) is 3.76. The number of benzene rings is 1. The zero-order valence-corrected chi connectivity index (χ0v) is 9.24. The Hall–Kier alpha value is -1.26. The minimum absolute atomic E-state index is 0.174. The highest BCUT2D eigenvalue weighted by Gasteiger charge is 1.93. The molecule has 0 amide bonds. The van der Waals surface area contributed by atoms with Gasteiger partial charge < -0.3 is 5.11 Å². The van der Waals surface area contributed by atoms with E-state index >= 15 is 0 Å². The van der Waals surface area contributed by atoms with Gasteiger partial charge in [0.2, 0.25) is 0 Å². The van der Waals surface area contributed by atoms with Gasteiger partial charge in [0.25, 0.3) is 0 Å². The van der Waals surface area contributed by atoms with Gasteiger partial charge in [-0.2, -0.15) is 0 Å². The van der Waals surface area contributed by atoms with Crippen molar-refractivity contribution in [2.45, 2.75) is 38.7 Å². The molecule has 1 aromatic carbocycles. The molecule has 0 aliphatic carbocycles. The van der Waals surface area contributed by atoms with Crippen LogP contribution in [0.5, 0.6) is 0 Å². The van der Waals surface area contributed by atoms with Gasteiger partial charge in [0.05, 0.1) is 6.10 Å². The molecule has 0 radical (unpaired) electrons. The van der Waals surface area contributed by atoms with Crippen LogP contribution in [0.2, 0.25) is 0 Å². The fourth-order valence-corrected chi connectivity index (χ4v) is 1.34. The SMILES string of the molecule is CC(O)CCCCC#Cc1ccccc1. The van der Waals surface area contributed by atoms with Crippen molar-refractivity contribution < 1.29 is 5.11 Å². The number of unbranched alkanes of at least 4 members (excludes halogenated alkanes) is 2. The Balaban J connectivity index is 2.18. The average molecular weight is 202 g/mol. The van der Waals surface area contributed by atoms with E-state index in [1.54, 1.807) is 0 Å². The minimum Gasteiger partial charge on any atom is -0.393 e. The molecule has 0 aliphatic rings. The summed E-state index contributed by atoms with van der Waals surface area (Å²) in [6.45, 7) is 1.83. The molecule has 15 heavy (non-hydrogen) atoms.